The summed E-state index contributed by atoms with van der Waals surface area (Å²) in [7, 11) is -1.19. The molecule has 0 fully saturated rings. The summed E-state index contributed by atoms with van der Waals surface area (Å²) in [4.78, 5) is 10.3. The highest BCUT2D eigenvalue weighted by Crippen LogP contribution is 2.27. The fourth-order valence-corrected chi connectivity index (χ4v) is 2.75. The Labute approximate surface area is 122 Å². The molecule has 0 unspecified atom stereocenters. The van der Waals surface area contributed by atoms with Crippen molar-refractivity contribution >= 4 is 16.0 Å². The van der Waals surface area contributed by atoms with Crippen LogP contribution < -0.4 is 14.2 Å². The van der Waals surface area contributed by atoms with Gasteiger partial charge in [-0.05, 0) is 18.6 Å². The van der Waals surface area contributed by atoms with Gasteiger partial charge >= 0.3 is 5.97 Å². The molecule has 0 bridgehead atoms. The molecule has 0 saturated heterocycles. The van der Waals surface area contributed by atoms with Crippen LogP contribution in [0.25, 0.3) is 0 Å². The van der Waals surface area contributed by atoms with Gasteiger partial charge in [-0.25, -0.2) is 17.9 Å². The maximum absolute atomic E-state index is 12.2. The lowest BCUT2D eigenvalue weighted by Gasteiger charge is -2.12. The van der Waals surface area contributed by atoms with Crippen LogP contribution in [0.2, 0.25) is 0 Å². The molecule has 1 rings (SSSR count). The number of carbonyl (C=O) groups is 1. The summed E-state index contributed by atoms with van der Waals surface area (Å²) in [5, 5.41) is 17.6. The average Bonchev–Trinajstić information content (AvgIpc) is 2.46. The van der Waals surface area contributed by atoms with Crippen molar-refractivity contribution in [2.75, 3.05) is 20.8 Å². The van der Waals surface area contributed by atoms with Gasteiger partial charge in [0.2, 0.25) is 10.0 Å². The monoisotopic (exact) mass is 319 g/mol. The number of ether oxygens (including phenoxy) is 2. The van der Waals surface area contributed by atoms with Crippen molar-refractivity contribution in [1.29, 1.82) is 0 Å². The highest BCUT2D eigenvalue weighted by atomic mass is 32.2. The molecule has 0 aliphatic rings. The highest BCUT2D eigenvalue weighted by molar-refractivity contribution is 7.89. The zero-order valence-corrected chi connectivity index (χ0v) is 12.4. The Morgan fingerprint density at radius 2 is 2.00 bits per heavy atom. The van der Waals surface area contributed by atoms with Crippen molar-refractivity contribution in [3.05, 3.63) is 18.2 Å². The second-order valence-electron chi connectivity index (χ2n) is 4.06. The van der Waals surface area contributed by atoms with E-state index in [4.69, 9.17) is 19.7 Å². The smallest absolute Gasteiger partial charge is 0.332 e. The Morgan fingerprint density at radius 3 is 2.52 bits per heavy atom. The number of hydrogen-bond acceptors (Lipinski definition) is 6. The number of aliphatic hydroxyl groups is 1. The van der Waals surface area contributed by atoms with Crippen LogP contribution >= 0.6 is 0 Å². The third-order valence-electron chi connectivity index (χ3n) is 2.66. The molecule has 118 valence electrons. The van der Waals surface area contributed by atoms with Crippen molar-refractivity contribution in [3.8, 4) is 11.5 Å². The van der Waals surface area contributed by atoms with Gasteiger partial charge in [0.25, 0.3) is 0 Å². The zero-order valence-electron chi connectivity index (χ0n) is 11.6. The van der Waals surface area contributed by atoms with Gasteiger partial charge in [-0.2, -0.15) is 0 Å². The van der Waals surface area contributed by atoms with Crippen LogP contribution in [0.15, 0.2) is 23.1 Å². The largest absolute Gasteiger partial charge is 0.497 e. The topological polar surface area (TPSA) is 122 Å². The van der Waals surface area contributed by atoms with Gasteiger partial charge in [0.1, 0.15) is 16.4 Å². The van der Waals surface area contributed by atoms with Gasteiger partial charge in [-0.3, -0.25) is 0 Å². The number of aliphatic hydroxyl groups excluding tert-OH is 1. The van der Waals surface area contributed by atoms with Crippen LogP contribution in [0.1, 0.15) is 6.42 Å². The van der Waals surface area contributed by atoms with Crippen molar-refractivity contribution in [2.45, 2.75) is 17.4 Å². The summed E-state index contributed by atoms with van der Waals surface area (Å²) in [6.07, 6.45) is -1.87. The predicted octanol–water partition coefficient (Wildman–Crippen LogP) is -0.182. The summed E-state index contributed by atoms with van der Waals surface area (Å²) >= 11 is 0. The lowest BCUT2D eigenvalue weighted by atomic mass is 10.3. The lowest BCUT2D eigenvalue weighted by molar-refractivity contribution is -0.146. The van der Waals surface area contributed by atoms with Gasteiger partial charge in [-0.1, -0.05) is 0 Å². The maximum atomic E-state index is 12.2. The summed E-state index contributed by atoms with van der Waals surface area (Å²) in [5.74, 6) is -0.947. The summed E-state index contributed by atoms with van der Waals surface area (Å²) in [5.41, 5.74) is 0. The molecule has 0 spiro atoms. The summed E-state index contributed by atoms with van der Waals surface area (Å²) < 4.78 is 36.4. The summed E-state index contributed by atoms with van der Waals surface area (Å²) in [6, 6.07) is 4.28. The van der Waals surface area contributed by atoms with E-state index in [1.165, 1.54) is 26.4 Å². The Bertz CT molecular complexity index is 600. The van der Waals surface area contributed by atoms with Crippen LogP contribution in [-0.4, -0.2) is 51.5 Å². The van der Waals surface area contributed by atoms with Gasteiger partial charge in [-0.15, -0.1) is 0 Å². The number of nitrogens with one attached hydrogen (secondary N) is 1. The third kappa shape index (κ3) is 4.59. The van der Waals surface area contributed by atoms with E-state index >= 15 is 0 Å². The number of carboxylic acid groups (broad SMARTS) is 1. The lowest BCUT2D eigenvalue weighted by Crippen LogP contribution is -2.30. The molecule has 1 atom stereocenters. The number of hydrogen-bond donors (Lipinski definition) is 3. The molecule has 0 amide bonds. The fourth-order valence-electron chi connectivity index (χ4n) is 1.53. The quantitative estimate of drug-likeness (QED) is 0.607. The van der Waals surface area contributed by atoms with E-state index in [0.29, 0.717) is 5.75 Å². The van der Waals surface area contributed by atoms with E-state index in [0.717, 1.165) is 0 Å². The molecule has 0 saturated carbocycles. The van der Waals surface area contributed by atoms with Crippen LogP contribution in [0, 0.1) is 0 Å². The first-order valence-corrected chi connectivity index (χ1v) is 7.42. The van der Waals surface area contributed by atoms with Gasteiger partial charge in [0.15, 0.2) is 6.10 Å². The fraction of sp³-hybridized carbons (Fsp3) is 0.417. The Morgan fingerprint density at radius 1 is 1.33 bits per heavy atom. The minimum atomic E-state index is -3.92. The average molecular weight is 319 g/mol. The maximum Gasteiger partial charge on any atom is 0.332 e. The molecule has 3 N–H and O–H groups in total. The molecule has 0 aromatic heterocycles. The van der Waals surface area contributed by atoms with E-state index < -0.39 is 22.1 Å². The molecule has 1 aromatic rings. The van der Waals surface area contributed by atoms with Crippen molar-refractivity contribution in [2.24, 2.45) is 0 Å². The van der Waals surface area contributed by atoms with Gasteiger partial charge in [0, 0.05) is 12.6 Å². The standard InChI is InChI=1S/C12H17NO7S/c1-19-8-3-4-10(20-2)11(7-8)21(17,18)13-6-5-9(14)12(15)16/h3-4,7,9,13-14H,5-6H2,1-2H3,(H,15,16)/t9-/m0/s1. The number of methoxy groups -OCH3 is 2. The van der Waals surface area contributed by atoms with E-state index in [9.17, 15) is 13.2 Å². The number of carboxylic acids is 1. The molecule has 8 nitrogen and oxygen atoms in total. The molecular weight excluding hydrogens is 302 g/mol. The predicted molar refractivity (Wildman–Crippen MR) is 73.0 cm³/mol. The van der Waals surface area contributed by atoms with Crippen LogP contribution in [0.5, 0.6) is 11.5 Å². The Hall–Kier alpha value is -1.84. The Kier molecular flexibility index (Phi) is 5.94. The van der Waals surface area contributed by atoms with Crippen LogP contribution in [-0.2, 0) is 14.8 Å². The summed E-state index contributed by atoms with van der Waals surface area (Å²) in [6.45, 7) is -0.226. The molecule has 0 heterocycles. The first kappa shape index (κ1) is 17.2. The third-order valence-corrected chi connectivity index (χ3v) is 4.14. The minimum absolute atomic E-state index is 0.127. The second-order valence-corrected chi connectivity index (χ2v) is 5.79. The zero-order chi connectivity index (χ0) is 16.0. The van der Waals surface area contributed by atoms with Crippen molar-refractivity contribution in [1.82, 2.24) is 4.72 Å². The number of aliphatic carboxylic acids is 1. The molecule has 1 aromatic carbocycles. The molecule has 0 aliphatic carbocycles. The highest BCUT2D eigenvalue weighted by Gasteiger charge is 2.21. The second kappa shape index (κ2) is 7.25. The number of rotatable bonds is 8. The SMILES string of the molecule is COc1ccc(OC)c(S(=O)(=O)NCC[C@H](O)C(=O)O)c1. The first-order valence-electron chi connectivity index (χ1n) is 5.94. The Balaban J connectivity index is 2.89. The van der Waals surface area contributed by atoms with E-state index in [1.54, 1.807) is 6.07 Å². The normalized spacial score (nSPS) is 12.7. The molecule has 21 heavy (non-hydrogen) atoms. The van der Waals surface area contributed by atoms with Crippen molar-refractivity contribution in [3.63, 3.8) is 0 Å². The van der Waals surface area contributed by atoms with Gasteiger partial charge in [0.05, 0.1) is 14.2 Å². The van der Waals surface area contributed by atoms with Gasteiger partial charge < -0.3 is 19.7 Å². The first-order chi connectivity index (χ1) is 9.81. The van der Waals surface area contributed by atoms with E-state index in [2.05, 4.69) is 4.72 Å². The molecule has 9 heteroatoms. The molecule has 0 aliphatic heterocycles. The molecular formula is C12H17NO7S. The molecule has 0 radical (unpaired) electrons. The van der Waals surface area contributed by atoms with Crippen LogP contribution in [0.4, 0.5) is 0 Å². The minimum Gasteiger partial charge on any atom is -0.497 e. The number of sulfonamides is 1. The van der Waals surface area contributed by atoms with Crippen LogP contribution in [0.3, 0.4) is 0 Å². The van der Waals surface area contributed by atoms with Crippen molar-refractivity contribution < 1.29 is 32.9 Å². The van der Waals surface area contributed by atoms with E-state index in [-0.39, 0.29) is 23.6 Å². The number of benzene rings is 1. The van der Waals surface area contributed by atoms with E-state index in [1.807, 2.05) is 0 Å².